The minimum Gasteiger partial charge on any atom is -0.390 e. The van der Waals surface area contributed by atoms with Crippen LogP contribution in [0.25, 0.3) is 0 Å². The molecule has 0 amide bonds. The van der Waals surface area contributed by atoms with Gasteiger partial charge in [0.25, 0.3) is 5.92 Å². The van der Waals surface area contributed by atoms with E-state index in [-0.39, 0.29) is 12.0 Å². The second-order valence-electron chi connectivity index (χ2n) is 4.77. The lowest BCUT2D eigenvalue weighted by Gasteiger charge is -2.52. The molecule has 2 rings (SSSR count). The number of aliphatic hydroxyl groups excluding tert-OH is 1. The molecule has 2 fully saturated rings. The van der Waals surface area contributed by atoms with Gasteiger partial charge in [0.2, 0.25) is 0 Å². The van der Waals surface area contributed by atoms with Gasteiger partial charge in [-0.1, -0.05) is 0 Å². The molecule has 0 aromatic heterocycles. The highest BCUT2D eigenvalue weighted by atomic mass is 19.3. The van der Waals surface area contributed by atoms with Gasteiger partial charge in [0, 0.05) is 31.7 Å². The van der Waals surface area contributed by atoms with E-state index in [1.54, 1.807) is 4.90 Å². The molecule has 0 aromatic carbocycles. The van der Waals surface area contributed by atoms with Crippen LogP contribution in [0.2, 0.25) is 0 Å². The molecule has 2 saturated heterocycles. The molecule has 3 nitrogen and oxygen atoms in total. The van der Waals surface area contributed by atoms with Crippen molar-refractivity contribution in [1.29, 1.82) is 0 Å². The van der Waals surface area contributed by atoms with E-state index in [9.17, 15) is 8.78 Å². The number of ether oxygens (including phenoxy) is 1. The molecular weight excluding hydrogens is 204 g/mol. The van der Waals surface area contributed by atoms with Gasteiger partial charge in [-0.05, 0) is 12.8 Å². The van der Waals surface area contributed by atoms with E-state index in [1.165, 1.54) is 0 Å². The fourth-order valence-electron chi connectivity index (χ4n) is 2.51. The van der Waals surface area contributed by atoms with Crippen LogP contribution in [0.15, 0.2) is 0 Å². The molecular formula is C10H17F2NO2. The molecule has 5 heteroatoms. The summed E-state index contributed by atoms with van der Waals surface area (Å²) in [5.41, 5.74) is 0.226. The van der Waals surface area contributed by atoms with E-state index >= 15 is 0 Å². The smallest absolute Gasteiger partial charge is 0.283 e. The molecule has 0 saturated carbocycles. The summed E-state index contributed by atoms with van der Waals surface area (Å²) >= 11 is 0. The molecule has 2 aliphatic rings. The van der Waals surface area contributed by atoms with E-state index in [0.29, 0.717) is 0 Å². The highest BCUT2D eigenvalue weighted by Crippen LogP contribution is 2.40. The summed E-state index contributed by atoms with van der Waals surface area (Å²) < 4.78 is 31.0. The number of likely N-dealkylation sites (tertiary alicyclic amines) is 1. The first-order valence-electron chi connectivity index (χ1n) is 5.34. The Hall–Kier alpha value is -0.260. The fourth-order valence-corrected chi connectivity index (χ4v) is 2.51. The SMILES string of the molecule is OCC(F)(F)CN1CC2(CCOCC2)C1. The van der Waals surface area contributed by atoms with Gasteiger partial charge in [-0.15, -0.1) is 0 Å². The van der Waals surface area contributed by atoms with Crippen molar-refractivity contribution in [2.24, 2.45) is 5.41 Å². The minimum absolute atomic E-state index is 0.226. The number of rotatable bonds is 3. The van der Waals surface area contributed by atoms with E-state index in [0.717, 1.165) is 39.1 Å². The average molecular weight is 221 g/mol. The lowest BCUT2D eigenvalue weighted by molar-refractivity contribution is -0.133. The van der Waals surface area contributed by atoms with E-state index in [2.05, 4.69) is 0 Å². The zero-order chi connectivity index (χ0) is 10.9. The third-order valence-electron chi connectivity index (χ3n) is 3.36. The van der Waals surface area contributed by atoms with Crippen LogP contribution in [0.3, 0.4) is 0 Å². The Kier molecular flexibility index (Phi) is 2.96. The zero-order valence-corrected chi connectivity index (χ0v) is 8.72. The predicted octanol–water partition coefficient (Wildman–Crippen LogP) is 0.726. The molecule has 15 heavy (non-hydrogen) atoms. The third-order valence-corrected chi connectivity index (χ3v) is 3.36. The summed E-state index contributed by atoms with van der Waals surface area (Å²) in [4.78, 5) is 1.72. The maximum atomic E-state index is 12.9. The van der Waals surface area contributed by atoms with Crippen molar-refractivity contribution in [2.45, 2.75) is 18.8 Å². The van der Waals surface area contributed by atoms with E-state index in [4.69, 9.17) is 9.84 Å². The number of halogens is 2. The summed E-state index contributed by atoms with van der Waals surface area (Å²) in [6.45, 7) is 1.60. The second-order valence-corrected chi connectivity index (χ2v) is 4.77. The molecule has 0 aromatic rings. The number of aliphatic hydroxyl groups is 1. The van der Waals surface area contributed by atoms with Crippen LogP contribution in [0, 0.1) is 5.41 Å². The summed E-state index contributed by atoms with van der Waals surface area (Å²) in [5, 5.41) is 8.47. The zero-order valence-electron chi connectivity index (χ0n) is 8.72. The summed E-state index contributed by atoms with van der Waals surface area (Å²) in [7, 11) is 0. The molecule has 88 valence electrons. The van der Waals surface area contributed by atoms with Crippen LogP contribution < -0.4 is 0 Å². The lowest BCUT2D eigenvalue weighted by atomic mass is 9.73. The van der Waals surface area contributed by atoms with Gasteiger partial charge in [-0.2, -0.15) is 0 Å². The maximum Gasteiger partial charge on any atom is 0.283 e. The normalized spacial score (nSPS) is 26.6. The predicted molar refractivity (Wildman–Crippen MR) is 51.0 cm³/mol. The van der Waals surface area contributed by atoms with E-state index in [1.807, 2.05) is 0 Å². The number of nitrogens with zero attached hydrogens (tertiary/aromatic N) is 1. The van der Waals surface area contributed by atoms with Crippen molar-refractivity contribution >= 4 is 0 Å². The Morgan fingerprint density at radius 2 is 1.87 bits per heavy atom. The standard InChI is InChI=1S/C10H17F2NO2/c11-10(12,8-14)7-13-5-9(6-13)1-3-15-4-2-9/h14H,1-8H2. The number of hydrogen-bond acceptors (Lipinski definition) is 3. The summed E-state index contributed by atoms with van der Waals surface area (Å²) in [5.74, 6) is -2.95. The number of alkyl halides is 2. The van der Waals surface area contributed by atoms with Crippen LogP contribution in [-0.2, 0) is 4.74 Å². The number of hydrogen-bond donors (Lipinski definition) is 1. The van der Waals surface area contributed by atoms with Crippen molar-refractivity contribution in [3.05, 3.63) is 0 Å². The minimum atomic E-state index is -2.95. The lowest BCUT2D eigenvalue weighted by Crippen LogP contribution is -2.61. The summed E-state index contributed by atoms with van der Waals surface area (Å²) in [6.07, 6.45) is 1.96. The average Bonchev–Trinajstić information content (AvgIpc) is 2.17. The van der Waals surface area contributed by atoms with Crippen LogP contribution in [0.5, 0.6) is 0 Å². The molecule has 0 unspecified atom stereocenters. The van der Waals surface area contributed by atoms with Crippen LogP contribution in [-0.4, -0.2) is 55.4 Å². The maximum absolute atomic E-state index is 12.9. The third kappa shape index (κ3) is 2.46. The molecule has 0 radical (unpaired) electrons. The van der Waals surface area contributed by atoms with Crippen molar-refractivity contribution in [3.63, 3.8) is 0 Å². The molecule has 0 bridgehead atoms. The quantitative estimate of drug-likeness (QED) is 0.762. The molecule has 1 N–H and O–H groups in total. The van der Waals surface area contributed by atoms with Gasteiger partial charge in [-0.3, -0.25) is 4.90 Å². The van der Waals surface area contributed by atoms with Crippen LogP contribution >= 0.6 is 0 Å². The van der Waals surface area contributed by atoms with Crippen LogP contribution in [0.1, 0.15) is 12.8 Å². The molecule has 2 aliphatic heterocycles. The highest BCUT2D eigenvalue weighted by Gasteiger charge is 2.46. The largest absolute Gasteiger partial charge is 0.390 e. The van der Waals surface area contributed by atoms with Gasteiger partial charge < -0.3 is 9.84 Å². The Labute approximate surface area is 88.0 Å². The molecule has 0 atom stereocenters. The molecule has 0 aliphatic carbocycles. The monoisotopic (exact) mass is 221 g/mol. The van der Waals surface area contributed by atoms with Gasteiger partial charge in [-0.25, -0.2) is 8.78 Å². The first-order valence-corrected chi connectivity index (χ1v) is 5.34. The van der Waals surface area contributed by atoms with Crippen molar-refractivity contribution in [2.75, 3.05) is 39.5 Å². The van der Waals surface area contributed by atoms with Gasteiger partial charge in [0.15, 0.2) is 0 Å². The van der Waals surface area contributed by atoms with Crippen molar-refractivity contribution in [3.8, 4) is 0 Å². The van der Waals surface area contributed by atoms with Gasteiger partial charge in [0.1, 0.15) is 6.61 Å². The van der Waals surface area contributed by atoms with E-state index < -0.39 is 12.5 Å². The Bertz CT molecular complexity index is 221. The van der Waals surface area contributed by atoms with Crippen molar-refractivity contribution < 1.29 is 18.6 Å². The Morgan fingerprint density at radius 1 is 1.27 bits per heavy atom. The first-order chi connectivity index (χ1) is 7.05. The molecule has 1 spiro atoms. The molecule has 2 heterocycles. The van der Waals surface area contributed by atoms with Gasteiger partial charge >= 0.3 is 0 Å². The fraction of sp³-hybridized carbons (Fsp3) is 1.00. The van der Waals surface area contributed by atoms with Crippen molar-refractivity contribution in [1.82, 2.24) is 4.90 Å². The first kappa shape index (κ1) is 11.2. The van der Waals surface area contributed by atoms with Gasteiger partial charge in [0.05, 0.1) is 6.54 Å². The summed E-state index contributed by atoms with van der Waals surface area (Å²) in [6, 6.07) is 0. The second kappa shape index (κ2) is 3.96. The highest BCUT2D eigenvalue weighted by molar-refractivity contribution is 4.97. The Balaban J connectivity index is 1.77. The van der Waals surface area contributed by atoms with Crippen LogP contribution in [0.4, 0.5) is 8.78 Å². The Morgan fingerprint density at radius 3 is 2.40 bits per heavy atom. The topological polar surface area (TPSA) is 32.7 Å².